The number of fused-ring (bicyclic) bond motifs is 2. The molecule has 0 spiro atoms. The van der Waals surface area contributed by atoms with E-state index in [1.54, 1.807) is 0 Å². The molecule has 3 saturated heterocycles. The molecule has 4 aliphatic rings. The third kappa shape index (κ3) is 7.52. The zero-order valence-electron chi connectivity index (χ0n) is 26.0. The van der Waals surface area contributed by atoms with Gasteiger partial charge in [-0.15, -0.1) is 23.1 Å². The fraction of sp³-hybridized carbons (Fsp3) is 0.500. The molecule has 18 nitrogen and oxygen atoms in total. The van der Waals surface area contributed by atoms with E-state index in [1.807, 2.05) is 0 Å². The maximum absolute atomic E-state index is 12.6. The van der Waals surface area contributed by atoms with Crippen molar-refractivity contribution in [1.29, 1.82) is 0 Å². The number of carbonyl (C=O) groups excluding carboxylic acids is 6. The maximum Gasteiger partial charge on any atom is 1.00 e. The van der Waals surface area contributed by atoms with Gasteiger partial charge in [-0.2, -0.15) is 0 Å². The first-order valence-corrected chi connectivity index (χ1v) is 16.3. The SMILES string of the molecule is CC1(C)[C@H](C(=O)[O-])N2C(=O)C[C@H]2S1(=O)=O.CO/N=C(\C(=O)N[C@@H]1C(=O)N2C(C(=O)[O-])=C(COC(C)=O)CS[C@H]12)c1csc(N)n1.[Na+].[Na+]. The summed E-state index contributed by atoms with van der Waals surface area (Å²) in [6, 6.07) is -2.36. The summed E-state index contributed by atoms with van der Waals surface area (Å²) in [5.41, 5.74) is 5.46. The first-order valence-electron chi connectivity index (χ1n) is 12.9. The van der Waals surface area contributed by atoms with E-state index in [9.17, 15) is 47.4 Å². The number of aliphatic carboxylic acids is 2. The van der Waals surface area contributed by atoms with Gasteiger partial charge in [0.2, 0.25) is 5.91 Å². The summed E-state index contributed by atoms with van der Waals surface area (Å²) >= 11 is 2.32. The molecular weight excluding hydrogens is 706 g/mol. The van der Waals surface area contributed by atoms with Crippen LogP contribution in [0.3, 0.4) is 0 Å². The number of hydrogen-bond acceptors (Lipinski definition) is 17. The minimum absolute atomic E-state index is 0. The van der Waals surface area contributed by atoms with Crippen molar-refractivity contribution in [1.82, 2.24) is 20.1 Å². The second-order valence-corrected chi connectivity index (χ2v) is 15.1. The Morgan fingerprint density at radius 3 is 2.32 bits per heavy atom. The van der Waals surface area contributed by atoms with Gasteiger partial charge in [0.25, 0.3) is 11.8 Å². The molecule has 23 heteroatoms. The molecule has 3 fully saturated rings. The Morgan fingerprint density at radius 1 is 1.21 bits per heavy atom. The number of amides is 3. The third-order valence-corrected chi connectivity index (χ3v) is 12.2. The van der Waals surface area contributed by atoms with Gasteiger partial charge in [0.15, 0.2) is 20.7 Å². The number of aromatic nitrogens is 1. The van der Waals surface area contributed by atoms with Gasteiger partial charge in [-0.1, -0.05) is 5.16 Å². The molecule has 5 heterocycles. The number of anilines is 1. The number of thioether (sulfide) groups is 1. The van der Waals surface area contributed by atoms with Crippen molar-refractivity contribution in [3.63, 3.8) is 0 Å². The summed E-state index contributed by atoms with van der Waals surface area (Å²) < 4.78 is 27.1. The van der Waals surface area contributed by atoms with Gasteiger partial charge in [0, 0.05) is 23.6 Å². The first-order chi connectivity index (χ1) is 20.9. The van der Waals surface area contributed by atoms with E-state index < -0.39 is 73.0 Å². The van der Waals surface area contributed by atoms with Crippen LogP contribution >= 0.6 is 23.1 Å². The summed E-state index contributed by atoms with van der Waals surface area (Å²) in [5, 5.41) is 28.7. The van der Waals surface area contributed by atoms with Gasteiger partial charge in [0.1, 0.15) is 36.2 Å². The molecule has 0 saturated carbocycles. The number of β-lactam (4-membered cyclic amide) rings is 2. The van der Waals surface area contributed by atoms with Crippen molar-refractivity contribution in [3.05, 3.63) is 22.3 Å². The molecule has 4 atom stereocenters. The Morgan fingerprint density at radius 2 is 1.85 bits per heavy atom. The quantitative estimate of drug-likeness (QED) is 0.0826. The number of nitrogen functional groups attached to an aromatic ring is 1. The standard InChI is InChI=1S/C16H17N5O7S2.C8H11NO5S.2Na/c1-6(22)28-3-7-4-29-14-10(13(24)21(14)11(7)15(25)26)19-12(23)9(20-27-2)8-5-30-16(17)18-8;1-8(2)6(7(11)12)9-4(10)3-5(9)15(8,13)14;;/h5,10,14H,3-4H2,1-2H3,(H2,17,18)(H,19,23)(H,25,26);5-6H,3H2,1-2H3,(H,11,12);;/q;;2*+1/p-2/b20-9-;;;/t10-,14-;5-,6+;;/m11../s1. The molecule has 244 valence electrons. The van der Waals surface area contributed by atoms with Crippen molar-refractivity contribution in [2.75, 3.05) is 25.2 Å². The van der Waals surface area contributed by atoms with Crippen LogP contribution in [-0.4, -0.2) is 112 Å². The number of carboxylic acid groups (broad SMARTS) is 2. The van der Waals surface area contributed by atoms with Gasteiger partial charge in [-0.25, -0.2) is 13.4 Å². The van der Waals surface area contributed by atoms with E-state index in [0.717, 1.165) is 21.1 Å². The first kappa shape index (κ1) is 40.9. The Hall–Kier alpha value is -2.24. The largest absolute Gasteiger partial charge is 1.00 e. The van der Waals surface area contributed by atoms with Gasteiger partial charge < -0.3 is 45.3 Å². The fourth-order valence-corrected chi connectivity index (χ4v) is 9.08. The van der Waals surface area contributed by atoms with Gasteiger partial charge in [0.05, 0.1) is 34.8 Å². The van der Waals surface area contributed by atoms with Gasteiger partial charge in [-0.3, -0.25) is 24.1 Å². The molecule has 3 amide bonds. The average Bonchev–Trinajstić information content (AvgIpc) is 3.43. The molecule has 5 rings (SSSR count). The number of ether oxygens (including phenoxy) is 1. The van der Waals surface area contributed by atoms with Crippen LogP contribution < -0.4 is 80.4 Å². The second kappa shape index (κ2) is 15.5. The topological polar surface area (TPSA) is 271 Å². The number of oxime groups is 1. The number of sulfone groups is 1. The summed E-state index contributed by atoms with van der Waals surface area (Å²) in [4.78, 5) is 80.5. The van der Waals surface area contributed by atoms with Crippen LogP contribution in [-0.2, 0) is 48.2 Å². The molecule has 1 aromatic rings. The molecule has 47 heavy (non-hydrogen) atoms. The predicted molar refractivity (Wildman–Crippen MR) is 151 cm³/mol. The van der Waals surface area contributed by atoms with Crippen LogP contribution in [0.2, 0.25) is 0 Å². The third-order valence-electron chi connectivity index (χ3n) is 7.34. The Kier molecular flexibility index (Phi) is 13.5. The number of rotatable bonds is 8. The zero-order chi connectivity index (χ0) is 33.6. The molecule has 0 bridgehead atoms. The number of nitrogens with two attached hydrogens (primary N) is 1. The predicted octanol–water partition coefficient (Wildman–Crippen LogP) is -10.1. The van der Waals surface area contributed by atoms with E-state index in [0.29, 0.717) is 0 Å². The summed E-state index contributed by atoms with van der Waals surface area (Å²) in [7, 11) is -2.36. The Balaban J connectivity index is 0.000000381. The number of esters is 1. The maximum atomic E-state index is 12.6. The van der Waals surface area contributed by atoms with Crippen molar-refractivity contribution < 1.29 is 116 Å². The fourth-order valence-electron chi connectivity index (χ4n) is 5.08. The molecule has 0 unspecified atom stereocenters. The average molecular weight is 733 g/mol. The van der Waals surface area contributed by atoms with E-state index in [4.69, 9.17) is 10.5 Å². The molecule has 0 aromatic carbocycles. The van der Waals surface area contributed by atoms with E-state index in [-0.39, 0.29) is 106 Å². The monoisotopic (exact) mass is 732 g/mol. The molecule has 3 N–H and O–H groups in total. The summed E-state index contributed by atoms with van der Waals surface area (Å²) in [6.45, 7) is 3.55. The number of carboxylic acids is 2. The van der Waals surface area contributed by atoms with Crippen LogP contribution in [0.25, 0.3) is 0 Å². The Bertz CT molecular complexity index is 1660. The summed E-state index contributed by atoms with van der Waals surface area (Å²) in [6.07, 6.45) is -0.116. The van der Waals surface area contributed by atoms with Crippen LogP contribution in [0.1, 0.15) is 32.9 Å². The van der Waals surface area contributed by atoms with Crippen LogP contribution in [0.15, 0.2) is 21.8 Å². The minimum atomic E-state index is -3.61. The van der Waals surface area contributed by atoms with Gasteiger partial charge >= 0.3 is 65.1 Å². The van der Waals surface area contributed by atoms with Crippen LogP contribution in [0.4, 0.5) is 5.13 Å². The molecule has 1 aromatic heterocycles. The second-order valence-electron chi connectivity index (χ2n) is 10.4. The van der Waals surface area contributed by atoms with Crippen molar-refractivity contribution in [2.24, 2.45) is 5.16 Å². The van der Waals surface area contributed by atoms with Crippen molar-refractivity contribution in [2.45, 2.75) is 54.8 Å². The number of nitrogens with zero attached hydrogens (tertiary/aromatic N) is 4. The van der Waals surface area contributed by atoms with Crippen LogP contribution in [0.5, 0.6) is 0 Å². The van der Waals surface area contributed by atoms with Gasteiger partial charge in [-0.05, 0) is 13.8 Å². The number of hydrogen-bond donors (Lipinski definition) is 2. The number of thiazole rings is 1. The summed E-state index contributed by atoms with van der Waals surface area (Å²) in [5.74, 6) is -5.30. The normalized spacial score (nSPS) is 24.8. The Labute approximate surface area is 320 Å². The molecule has 4 aliphatic heterocycles. The molecular formula is C24H26N6Na2O12S3. The molecule has 0 aliphatic carbocycles. The number of nitrogens with one attached hydrogen (secondary N) is 1. The van der Waals surface area contributed by atoms with E-state index in [1.165, 1.54) is 45.0 Å². The van der Waals surface area contributed by atoms with Crippen molar-refractivity contribution >= 4 is 79.4 Å². The minimum Gasteiger partial charge on any atom is -0.548 e. The smallest absolute Gasteiger partial charge is 0.548 e. The number of carbonyl (C=O) groups is 6. The van der Waals surface area contributed by atoms with Crippen molar-refractivity contribution in [3.8, 4) is 0 Å². The van der Waals surface area contributed by atoms with E-state index >= 15 is 0 Å². The van der Waals surface area contributed by atoms with Crippen LogP contribution in [0, 0.1) is 0 Å². The molecule has 0 radical (unpaired) electrons. The zero-order valence-corrected chi connectivity index (χ0v) is 32.4. The van der Waals surface area contributed by atoms with E-state index in [2.05, 4.69) is 20.3 Å².